The Morgan fingerprint density at radius 3 is 1.76 bits per heavy atom. The predicted octanol–water partition coefficient (Wildman–Crippen LogP) is 0.562. The standard InChI is InChI=1S/C9H10F6N2O4/c10-8(11,12)5(9(13,14)15)6(19)17-3(7(20)21)1-2-4(16)18/h3,5H,1-2H2,(H2,16,18)(H,17,19)(H,20,21)/t3-/m0/s1. The summed E-state index contributed by atoms with van der Waals surface area (Å²) in [5, 5.41) is 9.69. The maximum Gasteiger partial charge on any atom is 0.409 e. The molecule has 0 unspecified atom stereocenters. The molecule has 0 aliphatic heterocycles. The lowest BCUT2D eigenvalue weighted by Crippen LogP contribution is -2.52. The fourth-order valence-corrected chi connectivity index (χ4v) is 1.28. The van der Waals surface area contributed by atoms with Gasteiger partial charge in [0.25, 0.3) is 0 Å². The number of rotatable bonds is 6. The smallest absolute Gasteiger partial charge is 0.409 e. The van der Waals surface area contributed by atoms with Gasteiger partial charge >= 0.3 is 18.3 Å². The average molecular weight is 324 g/mol. The molecule has 0 aromatic carbocycles. The van der Waals surface area contributed by atoms with Gasteiger partial charge in [-0.05, 0) is 6.42 Å². The van der Waals surface area contributed by atoms with Gasteiger partial charge in [0, 0.05) is 6.42 Å². The third kappa shape index (κ3) is 6.31. The number of carbonyl (C=O) groups is 3. The predicted molar refractivity (Wildman–Crippen MR) is 53.6 cm³/mol. The molecule has 1 atom stereocenters. The largest absolute Gasteiger partial charge is 0.480 e. The van der Waals surface area contributed by atoms with Crippen molar-refractivity contribution in [2.24, 2.45) is 11.7 Å². The summed E-state index contributed by atoms with van der Waals surface area (Å²) in [7, 11) is 0. The highest BCUT2D eigenvalue weighted by Crippen LogP contribution is 2.39. The van der Waals surface area contributed by atoms with Gasteiger partial charge in [-0.1, -0.05) is 0 Å². The Bertz CT molecular complexity index is 405. The zero-order valence-corrected chi connectivity index (χ0v) is 10.1. The Balaban J connectivity index is 5.10. The molecule has 0 spiro atoms. The minimum absolute atomic E-state index is 0.639. The second-order valence-electron chi connectivity index (χ2n) is 3.92. The lowest BCUT2D eigenvalue weighted by Gasteiger charge is -2.24. The maximum absolute atomic E-state index is 12.2. The quantitative estimate of drug-likeness (QED) is 0.620. The summed E-state index contributed by atoms with van der Waals surface area (Å²) in [6.45, 7) is 0. The van der Waals surface area contributed by atoms with E-state index in [1.807, 2.05) is 0 Å². The molecule has 21 heavy (non-hydrogen) atoms. The molecule has 122 valence electrons. The molecule has 0 heterocycles. The van der Waals surface area contributed by atoms with E-state index in [1.54, 1.807) is 0 Å². The number of alkyl halides is 6. The molecule has 6 nitrogen and oxygen atoms in total. The van der Waals surface area contributed by atoms with Crippen molar-refractivity contribution >= 4 is 17.8 Å². The van der Waals surface area contributed by atoms with Crippen LogP contribution in [0.1, 0.15) is 12.8 Å². The van der Waals surface area contributed by atoms with Crippen LogP contribution in [-0.4, -0.2) is 41.3 Å². The molecule has 0 rings (SSSR count). The summed E-state index contributed by atoms with van der Waals surface area (Å²) >= 11 is 0. The highest BCUT2D eigenvalue weighted by atomic mass is 19.4. The van der Waals surface area contributed by atoms with Crippen LogP contribution in [-0.2, 0) is 14.4 Å². The molecule has 0 bridgehead atoms. The Morgan fingerprint density at radius 2 is 1.48 bits per heavy atom. The molecule has 0 aliphatic carbocycles. The summed E-state index contributed by atoms with van der Waals surface area (Å²) in [5.74, 6) is -9.85. The second kappa shape index (κ2) is 6.63. The highest BCUT2D eigenvalue weighted by Gasteiger charge is 2.61. The summed E-state index contributed by atoms with van der Waals surface area (Å²) in [6, 6.07) is -2.10. The topological polar surface area (TPSA) is 109 Å². The van der Waals surface area contributed by atoms with E-state index < -0.39 is 54.9 Å². The monoisotopic (exact) mass is 324 g/mol. The summed E-state index contributed by atoms with van der Waals surface area (Å²) in [5.41, 5.74) is 4.67. The molecule has 0 aliphatic rings. The summed E-state index contributed by atoms with van der Waals surface area (Å²) in [6.07, 6.45) is -13.2. The normalized spacial score (nSPS) is 13.9. The third-order valence-electron chi connectivity index (χ3n) is 2.21. The number of hydrogen-bond donors (Lipinski definition) is 3. The summed E-state index contributed by atoms with van der Waals surface area (Å²) in [4.78, 5) is 32.1. The van der Waals surface area contributed by atoms with Crippen LogP contribution >= 0.6 is 0 Å². The van der Waals surface area contributed by atoms with E-state index in [0.29, 0.717) is 0 Å². The Labute approximate surface area is 113 Å². The first-order valence-corrected chi connectivity index (χ1v) is 5.21. The molecule has 2 amide bonds. The van der Waals surface area contributed by atoms with Gasteiger partial charge < -0.3 is 16.2 Å². The Hall–Kier alpha value is -2.01. The van der Waals surface area contributed by atoms with Gasteiger partial charge in [0.2, 0.25) is 17.7 Å². The van der Waals surface area contributed by atoms with Crippen molar-refractivity contribution in [2.75, 3.05) is 0 Å². The van der Waals surface area contributed by atoms with E-state index in [2.05, 4.69) is 5.73 Å². The second-order valence-corrected chi connectivity index (χ2v) is 3.92. The minimum atomic E-state index is -5.94. The first-order valence-electron chi connectivity index (χ1n) is 5.21. The fourth-order valence-electron chi connectivity index (χ4n) is 1.28. The first-order chi connectivity index (χ1) is 9.26. The van der Waals surface area contributed by atoms with Crippen molar-refractivity contribution in [2.45, 2.75) is 31.2 Å². The number of hydrogen-bond acceptors (Lipinski definition) is 3. The minimum Gasteiger partial charge on any atom is -0.480 e. The Morgan fingerprint density at radius 1 is 1.05 bits per heavy atom. The van der Waals surface area contributed by atoms with Gasteiger partial charge in [0.05, 0.1) is 0 Å². The van der Waals surface area contributed by atoms with Crippen molar-refractivity contribution in [1.82, 2.24) is 5.32 Å². The zero-order chi connectivity index (χ0) is 17.0. The number of carbonyl (C=O) groups excluding carboxylic acids is 2. The zero-order valence-electron chi connectivity index (χ0n) is 10.1. The van der Waals surface area contributed by atoms with E-state index in [0.717, 1.165) is 5.32 Å². The van der Waals surface area contributed by atoms with Gasteiger partial charge in [0.1, 0.15) is 6.04 Å². The van der Waals surface area contributed by atoms with Gasteiger partial charge in [-0.25, -0.2) is 4.79 Å². The van der Waals surface area contributed by atoms with Crippen LogP contribution in [0.2, 0.25) is 0 Å². The highest BCUT2D eigenvalue weighted by molar-refractivity contribution is 5.86. The molecule has 0 fully saturated rings. The van der Waals surface area contributed by atoms with E-state index in [-0.39, 0.29) is 0 Å². The van der Waals surface area contributed by atoms with Crippen LogP contribution in [0, 0.1) is 5.92 Å². The molecule has 0 saturated heterocycles. The molecule has 0 radical (unpaired) electrons. The number of carboxylic acids is 1. The lowest BCUT2D eigenvalue weighted by atomic mass is 10.1. The average Bonchev–Trinajstić information content (AvgIpc) is 2.18. The van der Waals surface area contributed by atoms with Crippen molar-refractivity contribution in [3.63, 3.8) is 0 Å². The van der Waals surface area contributed by atoms with E-state index >= 15 is 0 Å². The number of primary amides is 1. The van der Waals surface area contributed by atoms with Gasteiger partial charge in [-0.2, -0.15) is 26.3 Å². The number of amides is 2. The molecule has 0 saturated carbocycles. The first kappa shape index (κ1) is 19.0. The SMILES string of the molecule is NC(=O)CC[C@H](NC(=O)C(C(F)(F)F)C(F)(F)F)C(=O)O. The number of nitrogens with two attached hydrogens (primary N) is 1. The van der Waals surface area contributed by atoms with Crippen LogP contribution in [0.15, 0.2) is 0 Å². The van der Waals surface area contributed by atoms with Crippen LogP contribution in [0.4, 0.5) is 26.3 Å². The van der Waals surface area contributed by atoms with Crippen molar-refractivity contribution in [1.29, 1.82) is 0 Å². The molecular formula is C9H10F6N2O4. The van der Waals surface area contributed by atoms with E-state index in [1.165, 1.54) is 0 Å². The number of nitrogens with one attached hydrogen (secondary N) is 1. The van der Waals surface area contributed by atoms with Gasteiger partial charge in [0.15, 0.2) is 0 Å². The molecule has 0 aromatic rings. The van der Waals surface area contributed by atoms with Crippen LogP contribution in [0.5, 0.6) is 0 Å². The molecule has 4 N–H and O–H groups in total. The lowest BCUT2D eigenvalue weighted by molar-refractivity contribution is -0.274. The van der Waals surface area contributed by atoms with Gasteiger partial charge in [-0.15, -0.1) is 0 Å². The Kier molecular flexibility index (Phi) is 5.99. The van der Waals surface area contributed by atoms with Crippen molar-refractivity contribution in [3.8, 4) is 0 Å². The number of carboxylic acid groups (broad SMARTS) is 1. The third-order valence-corrected chi connectivity index (χ3v) is 2.21. The van der Waals surface area contributed by atoms with Crippen molar-refractivity contribution in [3.05, 3.63) is 0 Å². The molecular weight excluding hydrogens is 314 g/mol. The fraction of sp³-hybridized carbons (Fsp3) is 0.667. The van der Waals surface area contributed by atoms with Crippen LogP contribution in [0.25, 0.3) is 0 Å². The molecule has 12 heteroatoms. The molecule has 0 aromatic heterocycles. The number of aliphatic carboxylic acids is 1. The van der Waals surface area contributed by atoms with Gasteiger partial charge in [-0.3, -0.25) is 9.59 Å². The van der Waals surface area contributed by atoms with Crippen LogP contribution < -0.4 is 11.1 Å². The van der Waals surface area contributed by atoms with E-state index in [9.17, 15) is 40.7 Å². The summed E-state index contributed by atoms with van der Waals surface area (Å²) < 4.78 is 73.4. The van der Waals surface area contributed by atoms with Crippen LogP contribution in [0.3, 0.4) is 0 Å². The number of halogens is 6. The van der Waals surface area contributed by atoms with Crippen molar-refractivity contribution < 1.29 is 45.8 Å². The van der Waals surface area contributed by atoms with E-state index in [4.69, 9.17) is 5.11 Å². The maximum atomic E-state index is 12.2.